The SMILES string of the molecule is CC(C)C(C)(C)CNc1cc(Cl)nc(C(C)(C)C)n1. The number of rotatable bonds is 4. The van der Waals surface area contributed by atoms with Crippen LogP contribution in [-0.4, -0.2) is 16.5 Å². The van der Waals surface area contributed by atoms with E-state index in [1.807, 2.05) is 0 Å². The fraction of sp³-hybridized carbons (Fsp3) is 0.733. The summed E-state index contributed by atoms with van der Waals surface area (Å²) < 4.78 is 0. The maximum atomic E-state index is 6.08. The molecule has 1 aromatic rings. The largest absolute Gasteiger partial charge is 0.369 e. The van der Waals surface area contributed by atoms with E-state index in [0.717, 1.165) is 18.2 Å². The quantitative estimate of drug-likeness (QED) is 0.826. The topological polar surface area (TPSA) is 37.8 Å². The molecule has 1 aromatic heterocycles. The van der Waals surface area contributed by atoms with Crippen molar-refractivity contribution in [1.82, 2.24) is 9.97 Å². The van der Waals surface area contributed by atoms with Gasteiger partial charge in [0.15, 0.2) is 0 Å². The van der Waals surface area contributed by atoms with Crippen LogP contribution in [0.25, 0.3) is 0 Å². The number of aromatic nitrogens is 2. The van der Waals surface area contributed by atoms with E-state index < -0.39 is 0 Å². The van der Waals surface area contributed by atoms with Crippen molar-refractivity contribution in [3.63, 3.8) is 0 Å². The molecule has 19 heavy (non-hydrogen) atoms. The van der Waals surface area contributed by atoms with E-state index in [9.17, 15) is 0 Å². The third-order valence-electron chi connectivity index (χ3n) is 3.65. The Morgan fingerprint density at radius 2 is 1.74 bits per heavy atom. The molecule has 108 valence electrons. The van der Waals surface area contributed by atoms with E-state index in [1.54, 1.807) is 6.07 Å². The van der Waals surface area contributed by atoms with Crippen LogP contribution in [0.4, 0.5) is 5.82 Å². The number of hydrogen-bond acceptors (Lipinski definition) is 3. The Balaban J connectivity index is 2.88. The molecule has 0 aliphatic rings. The Morgan fingerprint density at radius 1 is 1.16 bits per heavy atom. The monoisotopic (exact) mass is 283 g/mol. The zero-order valence-corrected chi connectivity index (χ0v) is 13.9. The van der Waals surface area contributed by atoms with Gasteiger partial charge >= 0.3 is 0 Å². The number of nitrogens with one attached hydrogen (secondary N) is 1. The maximum Gasteiger partial charge on any atom is 0.137 e. The lowest BCUT2D eigenvalue weighted by atomic mass is 9.81. The molecule has 0 bridgehead atoms. The zero-order valence-electron chi connectivity index (χ0n) is 13.1. The van der Waals surface area contributed by atoms with Gasteiger partial charge in [0.2, 0.25) is 0 Å². The molecule has 0 atom stereocenters. The first-order chi connectivity index (χ1) is 8.52. The zero-order chi connectivity index (χ0) is 14.8. The van der Waals surface area contributed by atoms with E-state index in [4.69, 9.17) is 11.6 Å². The minimum absolute atomic E-state index is 0.102. The highest BCUT2D eigenvalue weighted by Crippen LogP contribution is 2.27. The van der Waals surface area contributed by atoms with Crippen LogP contribution >= 0.6 is 11.6 Å². The van der Waals surface area contributed by atoms with Crippen molar-refractivity contribution in [3.8, 4) is 0 Å². The van der Waals surface area contributed by atoms with E-state index in [0.29, 0.717) is 11.1 Å². The summed E-state index contributed by atoms with van der Waals surface area (Å²) in [7, 11) is 0. The molecule has 0 amide bonds. The second kappa shape index (κ2) is 5.66. The Hall–Kier alpha value is -0.830. The van der Waals surface area contributed by atoms with Gasteiger partial charge in [-0.3, -0.25) is 0 Å². The van der Waals surface area contributed by atoms with Crippen molar-refractivity contribution in [1.29, 1.82) is 0 Å². The van der Waals surface area contributed by atoms with Crippen molar-refractivity contribution < 1.29 is 0 Å². The summed E-state index contributed by atoms with van der Waals surface area (Å²) in [6.07, 6.45) is 0. The van der Waals surface area contributed by atoms with Crippen LogP contribution in [0.15, 0.2) is 6.07 Å². The van der Waals surface area contributed by atoms with Gasteiger partial charge in [-0.2, -0.15) is 0 Å². The summed E-state index contributed by atoms with van der Waals surface area (Å²) in [6, 6.07) is 1.78. The molecule has 4 heteroatoms. The molecule has 0 saturated carbocycles. The Morgan fingerprint density at radius 3 is 2.21 bits per heavy atom. The Kier molecular flexibility index (Phi) is 4.83. The lowest BCUT2D eigenvalue weighted by Crippen LogP contribution is -2.29. The van der Waals surface area contributed by atoms with Crippen LogP contribution in [0.1, 0.15) is 54.3 Å². The lowest BCUT2D eigenvalue weighted by Gasteiger charge is -2.29. The van der Waals surface area contributed by atoms with E-state index in [1.165, 1.54) is 0 Å². The van der Waals surface area contributed by atoms with Crippen LogP contribution in [0.5, 0.6) is 0 Å². The fourth-order valence-electron chi connectivity index (χ4n) is 1.37. The van der Waals surface area contributed by atoms with Gasteiger partial charge in [-0.1, -0.05) is 60.1 Å². The Labute approximate surface area is 122 Å². The molecule has 0 fully saturated rings. The van der Waals surface area contributed by atoms with Crippen LogP contribution in [0.3, 0.4) is 0 Å². The summed E-state index contributed by atoms with van der Waals surface area (Å²) in [5.41, 5.74) is 0.105. The van der Waals surface area contributed by atoms with Crippen LogP contribution in [0.2, 0.25) is 5.15 Å². The first kappa shape index (κ1) is 16.2. The van der Waals surface area contributed by atoms with Crippen molar-refractivity contribution in [3.05, 3.63) is 17.0 Å². The molecular formula is C15H26ClN3. The van der Waals surface area contributed by atoms with Gasteiger partial charge in [0, 0.05) is 18.0 Å². The Bertz CT molecular complexity index is 434. The van der Waals surface area contributed by atoms with Crippen molar-refractivity contribution in [2.75, 3.05) is 11.9 Å². The van der Waals surface area contributed by atoms with Gasteiger partial charge in [0.25, 0.3) is 0 Å². The van der Waals surface area contributed by atoms with E-state index >= 15 is 0 Å². The summed E-state index contributed by atoms with van der Waals surface area (Å²) in [4.78, 5) is 8.86. The van der Waals surface area contributed by atoms with Gasteiger partial charge in [0.1, 0.15) is 16.8 Å². The molecule has 0 aliphatic heterocycles. The van der Waals surface area contributed by atoms with Gasteiger partial charge in [-0.15, -0.1) is 0 Å². The number of anilines is 1. The van der Waals surface area contributed by atoms with Gasteiger partial charge in [0.05, 0.1) is 0 Å². The lowest BCUT2D eigenvalue weighted by molar-refractivity contribution is 0.269. The molecule has 0 spiro atoms. The van der Waals surface area contributed by atoms with Crippen LogP contribution in [-0.2, 0) is 5.41 Å². The molecule has 1 rings (SSSR count). The normalized spacial score (nSPS) is 12.9. The van der Waals surface area contributed by atoms with Gasteiger partial charge in [-0.05, 0) is 11.3 Å². The molecule has 0 aliphatic carbocycles. The van der Waals surface area contributed by atoms with Crippen molar-refractivity contribution in [2.24, 2.45) is 11.3 Å². The summed E-state index contributed by atoms with van der Waals surface area (Å²) in [5, 5.41) is 3.87. The minimum atomic E-state index is -0.102. The highest BCUT2D eigenvalue weighted by molar-refractivity contribution is 6.29. The van der Waals surface area contributed by atoms with E-state index in [-0.39, 0.29) is 10.8 Å². The van der Waals surface area contributed by atoms with Crippen molar-refractivity contribution in [2.45, 2.75) is 53.9 Å². The highest BCUT2D eigenvalue weighted by atomic mass is 35.5. The van der Waals surface area contributed by atoms with E-state index in [2.05, 4.69) is 63.8 Å². The second-order valence-electron chi connectivity index (χ2n) is 7.15. The van der Waals surface area contributed by atoms with Gasteiger partial charge < -0.3 is 5.32 Å². The van der Waals surface area contributed by atoms with Crippen LogP contribution < -0.4 is 5.32 Å². The average Bonchev–Trinajstić information content (AvgIpc) is 2.24. The number of halogens is 1. The molecule has 0 aromatic carbocycles. The summed E-state index contributed by atoms with van der Waals surface area (Å²) in [6.45, 7) is 16.1. The predicted molar refractivity (Wildman–Crippen MR) is 82.9 cm³/mol. The van der Waals surface area contributed by atoms with Gasteiger partial charge in [-0.25, -0.2) is 9.97 Å². The second-order valence-corrected chi connectivity index (χ2v) is 7.53. The summed E-state index contributed by atoms with van der Waals surface area (Å²) in [5.74, 6) is 2.17. The first-order valence-corrected chi connectivity index (χ1v) is 7.19. The summed E-state index contributed by atoms with van der Waals surface area (Å²) >= 11 is 6.08. The first-order valence-electron chi connectivity index (χ1n) is 6.81. The smallest absolute Gasteiger partial charge is 0.137 e. The number of hydrogen-bond donors (Lipinski definition) is 1. The molecule has 1 heterocycles. The molecule has 0 unspecified atom stereocenters. The molecular weight excluding hydrogens is 258 g/mol. The molecule has 3 nitrogen and oxygen atoms in total. The third kappa shape index (κ3) is 4.64. The van der Waals surface area contributed by atoms with Crippen molar-refractivity contribution >= 4 is 17.4 Å². The van der Waals surface area contributed by atoms with Crippen LogP contribution in [0, 0.1) is 11.3 Å². The molecule has 1 N–H and O–H groups in total. The third-order valence-corrected chi connectivity index (χ3v) is 3.85. The highest BCUT2D eigenvalue weighted by Gasteiger charge is 2.23. The minimum Gasteiger partial charge on any atom is -0.369 e. The maximum absolute atomic E-state index is 6.08. The number of nitrogens with zero attached hydrogens (tertiary/aromatic N) is 2. The predicted octanol–water partition coefficient (Wildman–Crippen LogP) is 4.52. The standard InChI is InChI=1S/C15H26ClN3/c1-10(2)15(6,7)9-17-12-8-11(16)18-13(19-12)14(3,4)5/h8,10H,9H2,1-7H3,(H,17,18,19). The molecule has 0 radical (unpaired) electrons. The molecule has 0 saturated heterocycles. The fourth-order valence-corrected chi connectivity index (χ4v) is 1.55. The average molecular weight is 284 g/mol.